The fourth-order valence-electron chi connectivity index (χ4n) is 3.52. The lowest BCUT2D eigenvalue weighted by Crippen LogP contribution is -2.07. The maximum absolute atomic E-state index is 13.3. The van der Waals surface area contributed by atoms with Crippen molar-refractivity contribution in [3.63, 3.8) is 0 Å². The summed E-state index contributed by atoms with van der Waals surface area (Å²) in [5, 5.41) is 18.7. The van der Waals surface area contributed by atoms with Gasteiger partial charge in [0.2, 0.25) is 0 Å². The van der Waals surface area contributed by atoms with Crippen molar-refractivity contribution < 1.29 is 23.0 Å². The molecular weight excluding hydrogens is 453 g/mol. The molecule has 0 radical (unpaired) electrons. The SMILES string of the molecule is N#Cc1ccc(C#Cc2ccc(O)cc2C(F)(F)F)c(CCCCO/C2=C/N=C\C=C/CCC2)c1. The molecule has 0 fully saturated rings. The molecule has 0 saturated carbocycles. The standard InChI is InChI=1S/C28H25F3N2O2/c29-28(30,31)27-18-25(34)14-13-23(27)12-11-22-10-9-21(19-32)17-24(22)7-4-6-16-35-26-8-3-1-2-5-15-33-20-26/h2,5,9-10,13-15,17-18,20,34H,1,3-4,6-8,16H2/b5-2-,26-20+,33-15-. The zero-order chi connectivity index (χ0) is 25.1. The van der Waals surface area contributed by atoms with Gasteiger partial charge in [-0.1, -0.05) is 17.9 Å². The molecule has 0 unspecified atom stereocenters. The number of aliphatic imine (C=N–C) groups is 1. The number of allylic oxidation sites excluding steroid dienone is 3. The second-order valence-corrected chi connectivity index (χ2v) is 7.98. The van der Waals surface area contributed by atoms with Crippen LogP contribution in [0.5, 0.6) is 5.75 Å². The van der Waals surface area contributed by atoms with E-state index in [4.69, 9.17) is 4.74 Å². The summed E-state index contributed by atoms with van der Waals surface area (Å²) in [7, 11) is 0. The summed E-state index contributed by atoms with van der Waals surface area (Å²) in [6, 6.07) is 10.0. The highest BCUT2D eigenvalue weighted by molar-refractivity contribution is 5.71. The van der Waals surface area contributed by atoms with Gasteiger partial charge in [-0.3, -0.25) is 4.99 Å². The number of nitriles is 1. The van der Waals surface area contributed by atoms with Gasteiger partial charge in [0.25, 0.3) is 0 Å². The summed E-state index contributed by atoms with van der Waals surface area (Å²) >= 11 is 0. The van der Waals surface area contributed by atoms with E-state index in [2.05, 4.69) is 29.0 Å². The van der Waals surface area contributed by atoms with E-state index in [9.17, 15) is 23.5 Å². The van der Waals surface area contributed by atoms with Crippen LogP contribution in [-0.4, -0.2) is 17.9 Å². The zero-order valence-electron chi connectivity index (χ0n) is 19.1. The third-order valence-corrected chi connectivity index (χ3v) is 5.32. The van der Waals surface area contributed by atoms with Crippen LogP contribution in [-0.2, 0) is 17.3 Å². The van der Waals surface area contributed by atoms with E-state index in [1.807, 2.05) is 6.08 Å². The van der Waals surface area contributed by atoms with Gasteiger partial charge < -0.3 is 9.84 Å². The maximum Gasteiger partial charge on any atom is 0.417 e. The fraction of sp³-hybridized carbons (Fsp3) is 0.286. The first-order valence-electron chi connectivity index (χ1n) is 11.3. The number of aromatic hydroxyl groups is 1. The van der Waals surface area contributed by atoms with E-state index in [1.165, 1.54) is 6.07 Å². The van der Waals surface area contributed by atoms with E-state index in [0.717, 1.165) is 49.5 Å². The molecule has 4 nitrogen and oxygen atoms in total. The first-order chi connectivity index (χ1) is 16.9. The largest absolute Gasteiger partial charge is 0.508 e. The lowest BCUT2D eigenvalue weighted by Gasteiger charge is -2.10. The lowest BCUT2D eigenvalue weighted by molar-refractivity contribution is -0.137. The summed E-state index contributed by atoms with van der Waals surface area (Å²) in [6.45, 7) is 0.524. The van der Waals surface area contributed by atoms with Crippen molar-refractivity contribution in [2.75, 3.05) is 6.61 Å². The van der Waals surface area contributed by atoms with E-state index < -0.39 is 17.5 Å². The number of hydrogen-bond acceptors (Lipinski definition) is 4. The first kappa shape index (κ1) is 25.6. The number of alkyl halides is 3. The number of hydrogen-bond donors (Lipinski definition) is 1. The van der Waals surface area contributed by atoms with Gasteiger partial charge in [0.15, 0.2) is 0 Å². The molecule has 1 aliphatic heterocycles. The smallest absolute Gasteiger partial charge is 0.417 e. The average Bonchev–Trinajstić information content (AvgIpc) is 2.97. The second kappa shape index (κ2) is 12.5. The topological polar surface area (TPSA) is 65.6 Å². The molecule has 180 valence electrons. The number of ether oxygens (including phenoxy) is 1. The third kappa shape index (κ3) is 8.08. The molecule has 1 aliphatic rings. The molecule has 0 saturated heterocycles. The number of halogens is 3. The molecule has 0 aliphatic carbocycles. The van der Waals surface area contributed by atoms with Crippen LogP contribution in [0.4, 0.5) is 13.2 Å². The molecule has 1 N–H and O–H groups in total. The highest BCUT2D eigenvalue weighted by Gasteiger charge is 2.33. The molecule has 0 aromatic heterocycles. The average molecular weight is 479 g/mol. The molecule has 35 heavy (non-hydrogen) atoms. The number of unbranched alkanes of at least 4 members (excludes halogenated alkanes) is 1. The number of phenolic OH excluding ortho intramolecular Hbond substituents is 1. The number of aryl methyl sites for hydroxylation is 1. The van der Waals surface area contributed by atoms with Crippen LogP contribution >= 0.6 is 0 Å². The van der Waals surface area contributed by atoms with Crippen LogP contribution in [0.3, 0.4) is 0 Å². The van der Waals surface area contributed by atoms with Crippen molar-refractivity contribution in [3.05, 3.63) is 88.3 Å². The molecule has 0 bridgehead atoms. The van der Waals surface area contributed by atoms with Crippen LogP contribution in [0.1, 0.15) is 59.9 Å². The highest BCUT2D eigenvalue weighted by atomic mass is 19.4. The molecule has 0 amide bonds. The molecule has 2 aromatic rings. The van der Waals surface area contributed by atoms with Crippen molar-refractivity contribution in [1.82, 2.24) is 0 Å². The second-order valence-electron chi connectivity index (χ2n) is 7.98. The summed E-state index contributed by atoms with van der Waals surface area (Å²) < 4.78 is 45.8. The Hall–Kier alpha value is -3.97. The van der Waals surface area contributed by atoms with E-state index in [0.29, 0.717) is 30.2 Å². The van der Waals surface area contributed by atoms with E-state index in [-0.39, 0.29) is 5.56 Å². The van der Waals surface area contributed by atoms with Crippen molar-refractivity contribution in [3.8, 4) is 23.7 Å². The number of phenols is 1. The van der Waals surface area contributed by atoms with Crippen LogP contribution in [0.2, 0.25) is 0 Å². The lowest BCUT2D eigenvalue weighted by atomic mass is 9.99. The van der Waals surface area contributed by atoms with Crippen molar-refractivity contribution in [1.29, 1.82) is 5.26 Å². The molecule has 7 heteroatoms. The minimum absolute atomic E-state index is 0.222. The van der Waals surface area contributed by atoms with Gasteiger partial charge in [0.05, 0.1) is 30.0 Å². The van der Waals surface area contributed by atoms with Gasteiger partial charge >= 0.3 is 6.18 Å². The van der Waals surface area contributed by atoms with E-state index in [1.54, 1.807) is 30.6 Å². The predicted molar refractivity (Wildman–Crippen MR) is 129 cm³/mol. The minimum atomic E-state index is -4.64. The zero-order valence-corrected chi connectivity index (χ0v) is 19.1. The van der Waals surface area contributed by atoms with Crippen molar-refractivity contribution >= 4 is 6.21 Å². The Labute approximate surface area is 203 Å². The molecular formula is C28H25F3N2O2. The van der Waals surface area contributed by atoms with Gasteiger partial charge in [-0.25, -0.2) is 0 Å². The Morgan fingerprint density at radius 2 is 1.86 bits per heavy atom. The quantitative estimate of drug-likeness (QED) is 0.372. The molecule has 2 aromatic carbocycles. The van der Waals surface area contributed by atoms with Crippen LogP contribution in [0, 0.1) is 23.2 Å². The molecule has 0 spiro atoms. The predicted octanol–water partition coefficient (Wildman–Crippen LogP) is 6.67. The number of benzene rings is 2. The van der Waals surface area contributed by atoms with Crippen LogP contribution < -0.4 is 0 Å². The van der Waals surface area contributed by atoms with Gasteiger partial charge in [0.1, 0.15) is 11.5 Å². The van der Waals surface area contributed by atoms with Crippen LogP contribution in [0.15, 0.2) is 65.5 Å². The van der Waals surface area contributed by atoms with E-state index >= 15 is 0 Å². The van der Waals surface area contributed by atoms with Crippen molar-refractivity contribution in [2.24, 2.45) is 4.99 Å². The van der Waals surface area contributed by atoms with Gasteiger partial charge in [-0.15, -0.1) is 0 Å². The summed E-state index contributed by atoms with van der Waals surface area (Å²) in [6.07, 6.45) is 7.73. The van der Waals surface area contributed by atoms with Crippen LogP contribution in [0.25, 0.3) is 0 Å². The summed E-state index contributed by atoms with van der Waals surface area (Å²) in [4.78, 5) is 4.19. The molecule has 1 heterocycles. The molecule has 0 atom stereocenters. The third-order valence-electron chi connectivity index (χ3n) is 5.32. The maximum atomic E-state index is 13.3. The number of nitrogens with zero attached hydrogens (tertiary/aromatic N) is 2. The summed E-state index contributed by atoms with van der Waals surface area (Å²) in [5.41, 5.74) is 0.606. The van der Waals surface area contributed by atoms with Crippen molar-refractivity contribution in [2.45, 2.75) is 44.7 Å². The Morgan fingerprint density at radius 1 is 1.06 bits per heavy atom. The normalized spacial score (nSPS) is 16.8. The summed E-state index contributed by atoms with van der Waals surface area (Å²) in [5.74, 6) is 5.78. The first-order valence-corrected chi connectivity index (χ1v) is 11.3. The Morgan fingerprint density at radius 3 is 2.66 bits per heavy atom. The van der Waals surface area contributed by atoms with Gasteiger partial charge in [-0.05, 0) is 80.1 Å². The fourth-order valence-corrected chi connectivity index (χ4v) is 3.52. The highest BCUT2D eigenvalue weighted by Crippen LogP contribution is 2.33. The van der Waals surface area contributed by atoms with Gasteiger partial charge in [-0.2, -0.15) is 18.4 Å². The monoisotopic (exact) mass is 478 g/mol. The molecule has 3 rings (SSSR count). The van der Waals surface area contributed by atoms with Gasteiger partial charge in [0, 0.05) is 23.8 Å². The minimum Gasteiger partial charge on any atom is -0.508 e. The Kier molecular flexibility index (Phi) is 9.15. The Balaban J connectivity index is 1.68. The number of rotatable bonds is 6. The Bertz CT molecular complexity index is 1230.